The number of hydrogen-bond acceptors (Lipinski definition) is 2. The maximum absolute atomic E-state index is 13.0. The van der Waals surface area contributed by atoms with Crippen LogP contribution in [0.1, 0.15) is 37.0 Å². The Morgan fingerprint density at radius 3 is 2.53 bits per heavy atom. The van der Waals surface area contributed by atoms with Gasteiger partial charge in [-0.25, -0.2) is 4.39 Å². The van der Waals surface area contributed by atoms with Crippen LogP contribution < -0.4 is 11.1 Å². The number of hydrogen-bond donors (Lipinski definition) is 2. The summed E-state index contributed by atoms with van der Waals surface area (Å²) in [5.41, 5.74) is 5.62. The zero-order valence-electron chi connectivity index (χ0n) is 10.3. The molecule has 0 unspecified atom stereocenters. The Morgan fingerprint density at radius 2 is 2.06 bits per heavy atom. The van der Waals surface area contributed by atoms with Gasteiger partial charge in [-0.1, -0.05) is 19.9 Å². The molecule has 0 atom stereocenters. The highest BCUT2D eigenvalue weighted by atomic mass is 19.1. The molecular formula is C13H19FN2O. The van der Waals surface area contributed by atoms with Gasteiger partial charge in [0.05, 0.1) is 5.54 Å². The van der Waals surface area contributed by atoms with E-state index in [-0.39, 0.29) is 5.91 Å². The van der Waals surface area contributed by atoms with Gasteiger partial charge >= 0.3 is 0 Å². The normalized spacial score (nSPS) is 11.3. The van der Waals surface area contributed by atoms with E-state index in [0.29, 0.717) is 12.1 Å². The van der Waals surface area contributed by atoms with Gasteiger partial charge in [-0.15, -0.1) is 0 Å². The summed E-state index contributed by atoms with van der Waals surface area (Å²) in [6.07, 6.45) is 1.50. The SMILES string of the molecule is CCC(CC)(CN)NC(=O)c1cccc(F)c1. The lowest BCUT2D eigenvalue weighted by molar-refractivity contribution is 0.0895. The molecule has 0 heterocycles. The van der Waals surface area contributed by atoms with Gasteiger partial charge in [0.25, 0.3) is 5.91 Å². The second-order valence-corrected chi connectivity index (χ2v) is 4.16. The van der Waals surface area contributed by atoms with Crippen molar-refractivity contribution in [1.29, 1.82) is 0 Å². The van der Waals surface area contributed by atoms with Crippen molar-refractivity contribution in [1.82, 2.24) is 5.32 Å². The van der Waals surface area contributed by atoms with Crippen LogP contribution >= 0.6 is 0 Å². The summed E-state index contributed by atoms with van der Waals surface area (Å²) < 4.78 is 13.0. The highest BCUT2D eigenvalue weighted by Crippen LogP contribution is 2.14. The predicted molar refractivity (Wildman–Crippen MR) is 66.2 cm³/mol. The molecule has 0 saturated heterocycles. The largest absolute Gasteiger partial charge is 0.345 e. The number of rotatable bonds is 5. The summed E-state index contributed by atoms with van der Waals surface area (Å²) in [4.78, 5) is 12.0. The van der Waals surface area contributed by atoms with E-state index < -0.39 is 11.4 Å². The lowest BCUT2D eigenvalue weighted by Crippen LogP contribution is -2.52. The van der Waals surface area contributed by atoms with Crippen molar-refractivity contribution >= 4 is 5.91 Å². The van der Waals surface area contributed by atoms with Crippen LogP contribution in [0.15, 0.2) is 24.3 Å². The van der Waals surface area contributed by atoms with Crippen LogP contribution in [-0.2, 0) is 0 Å². The van der Waals surface area contributed by atoms with Crippen molar-refractivity contribution in [3.63, 3.8) is 0 Å². The molecule has 0 aliphatic heterocycles. The van der Waals surface area contributed by atoms with Gasteiger partial charge < -0.3 is 11.1 Å². The van der Waals surface area contributed by atoms with Gasteiger partial charge in [-0.3, -0.25) is 4.79 Å². The van der Waals surface area contributed by atoms with Crippen LogP contribution in [0.2, 0.25) is 0 Å². The van der Waals surface area contributed by atoms with Gasteiger partial charge in [-0.2, -0.15) is 0 Å². The Labute approximate surface area is 101 Å². The van der Waals surface area contributed by atoms with Gasteiger partial charge in [0.15, 0.2) is 0 Å². The van der Waals surface area contributed by atoms with E-state index >= 15 is 0 Å². The third-order valence-corrected chi connectivity index (χ3v) is 3.21. The molecule has 4 heteroatoms. The van der Waals surface area contributed by atoms with E-state index in [4.69, 9.17) is 5.73 Å². The summed E-state index contributed by atoms with van der Waals surface area (Å²) in [6, 6.07) is 5.64. The first-order valence-electron chi connectivity index (χ1n) is 5.85. The van der Waals surface area contributed by atoms with Gasteiger partial charge in [-0.05, 0) is 31.0 Å². The van der Waals surface area contributed by atoms with Crippen LogP contribution in [0.5, 0.6) is 0 Å². The molecule has 0 aliphatic rings. The van der Waals surface area contributed by atoms with Gasteiger partial charge in [0, 0.05) is 12.1 Å². The number of benzene rings is 1. The maximum Gasteiger partial charge on any atom is 0.251 e. The number of halogens is 1. The van der Waals surface area contributed by atoms with E-state index in [1.165, 1.54) is 18.2 Å². The number of nitrogens with one attached hydrogen (secondary N) is 1. The van der Waals surface area contributed by atoms with Crippen LogP contribution in [0.3, 0.4) is 0 Å². The second kappa shape index (κ2) is 5.77. The summed E-state index contributed by atoms with van der Waals surface area (Å²) in [7, 11) is 0. The van der Waals surface area contributed by atoms with Crippen LogP contribution in [0.4, 0.5) is 4.39 Å². The van der Waals surface area contributed by atoms with Crippen LogP contribution in [-0.4, -0.2) is 18.0 Å². The smallest absolute Gasteiger partial charge is 0.251 e. The van der Waals surface area contributed by atoms with Crippen molar-refractivity contribution in [2.45, 2.75) is 32.2 Å². The summed E-state index contributed by atoms with van der Waals surface area (Å²) >= 11 is 0. The maximum atomic E-state index is 13.0. The van der Waals surface area contributed by atoms with Crippen LogP contribution in [0, 0.1) is 5.82 Å². The number of amides is 1. The topological polar surface area (TPSA) is 55.1 Å². The fourth-order valence-corrected chi connectivity index (χ4v) is 1.71. The lowest BCUT2D eigenvalue weighted by atomic mass is 9.92. The first-order chi connectivity index (χ1) is 8.06. The molecule has 0 saturated carbocycles. The van der Waals surface area contributed by atoms with Crippen molar-refractivity contribution < 1.29 is 9.18 Å². The summed E-state index contributed by atoms with van der Waals surface area (Å²) in [6.45, 7) is 4.32. The Balaban J connectivity index is 2.84. The molecule has 1 aromatic rings. The Kier molecular flexibility index (Phi) is 4.63. The molecule has 0 bridgehead atoms. The first-order valence-corrected chi connectivity index (χ1v) is 5.85. The first kappa shape index (κ1) is 13.6. The molecule has 3 nitrogen and oxygen atoms in total. The van der Waals surface area contributed by atoms with Crippen molar-refractivity contribution in [2.24, 2.45) is 5.73 Å². The minimum Gasteiger partial charge on any atom is -0.345 e. The Hall–Kier alpha value is -1.42. The number of carbonyl (C=O) groups is 1. The number of nitrogens with two attached hydrogens (primary N) is 1. The molecule has 0 aliphatic carbocycles. The molecule has 1 rings (SSSR count). The monoisotopic (exact) mass is 238 g/mol. The minimum atomic E-state index is -0.413. The average molecular weight is 238 g/mol. The fraction of sp³-hybridized carbons (Fsp3) is 0.462. The fourth-order valence-electron chi connectivity index (χ4n) is 1.71. The Bertz CT molecular complexity index is 380. The predicted octanol–water partition coefficient (Wildman–Crippen LogP) is 2.07. The van der Waals surface area contributed by atoms with E-state index in [2.05, 4.69) is 5.32 Å². The third kappa shape index (κ3) is 3.27. The summed E-state index contributed by atoms with van der Waals surface area (Å²) in [5.74, 6) is -0.692. The van der Waals surface area contributed by atoms with E-state index in [1.54, 1.807) is 6.07 Å². The van der Waals surface area contributed by atoms with Crippen molar-refractivity contribution in [2.75, 3.05) is 6.54 Å². The highest BCUT2D eigenvalue weighted by Gasteiger charge is 2.26. The summed E-state index contributed by atoms with van der Waals surface area (Å²) in [5, 5.41) is 2.89. The standard InChI is InChI=1S/C13H19FN2O/c1-3-13(4-2,9-15)16-12(17)10-6-5-7-11(14)8-10/h5-8H,3-4,9,15H2,1-2H3,(H,16,17). The van der Waals surface area contributed by atoms with Crippen molar-refractivity contribution in [3.8, 4) is 0 Å². The molecule has 0 fully saturated rings. The van der Waals surface area contributed by atoms with Gasteiger partial charge in [0.2, 0.25) is 0 Å². The quantitative estimate of drug-likeness (QED) is 0.825. The van der Waals surface area contributed by atoms with Gasteiger partial charge in [0.1, 0.15) is 5.82 Å². The van der Waals surface area contributed by atoms with E-state index in [0.717, 1.165) is 12.8 Å². The molecular weight excluding hydrogens is 219 g/mol. The second-order valence-electron chi connectivity index (χ2n) is 4.16. The molecule has 17 heavy (non-hydrogen) atoms. The third-order valence-electron chi connectivity index (χ3n) is 3.21. The molecule has 0 spiro atoms. The minimum absolute atomic E-state index is 0.279. The molecule has 0 aromatic heterocycles. The molecule has 1 amide bonds. The molecule has 94 valence electrons. The Morgan fingerprint density at radius 1 is 1.41 bits per heavy atom. The highest BCUT2D eigenvalue weighted by molar-refractivity contribution is 5.94. The van der Waals surface area contributed by atoms with Crippen molar-refractivity contribution in [3.05, 3.63) is 35.6 Å². The van der Waals surface area contributed by atoms with E-state index in [9.17, 15) is 9.18 Å². The molecule has 1 aromatic carbocycles. The van der Waals surface area contributed by atoms with Crippen LogP contribution in [0.25, 0.3) is 0 Å². The average Bonchev–Trinajstić information content (AvgIpc) is 2.36. The number of carbonyl (C=O) groups excluding carboxylic acids is 1. The molecule has 0 radical (unpaired) electrons. The lowest BCUT2D eigenvalue weighted by Gasteiger charge is -2.31. The van der Waals surface area contributed by atoms with E-state index in [1.807, 2.05) is 13.8 Å². The zero-order valence-corrected chi connectivity index (χ0v) is 10.3. The molecule has 3 N–H and O–H groups in total. The zero-order chi connectivity index (χ0) is 12.9.